The Morgan fingerprint density at radius 2 is 2.07 bits per heavy atom. The van der Waals surface area contributed by atoms with Gasteiger partial charge in [-0.2, -0.15) is 0 Å². The second-order valence-electron chi connectivity index (χ2n) is 6.16. The molecule has 0 atom stereocenters. The first-order chi connectivity index (χ1) is 13.3. The van der Waals surface area contributed by atoms with E-state index in [1.807, 2.05) is 0 Å². The predicted octanol–water partition coefficient (Wildman–Crippen LogP) is 1.68. The molecule has 0 radical (unpaired) electrons. The number of nitrogens with zero attached hydrogens (tertiary/aromatic N) is 3. The Morgan fingerprint density at radius 1 is 1.36 bits per heavy atom. The summed E-state index contributed by atoms with van der Waals surface area (Å²) in [5, 5.41) is 3.04. The summed E-state index contributed by atoms with van der Waals surface area (Å²) in [5.41, 5.74) is 12.6. The van der Waals surface area contributed by atoms with E-state index in [1.54, 1.807) is 11.9 Å². The molecule has 0 unspecified atom stereocenters. The van der Waals surface area contributed by atoms with Crippen LogP contribution in [0.3, 0.4) is 0 Å². The molecule has 5 N–H and O–H groups in total. The number of carbonyl (C=O) groups is 1. The molecule has 2 rings (SSSR count). The molecular weight excluding hydrogens is 366 g/mol. The minimum Gasteiger partial charge on any atom is -0.404 e. The lowest BCUT2D eigenvalue weighted by Crippen LogP contribution is -2.40. The number of nitrogens with two attached hydrogens (primary N) is 2. The van der Waals surface area contributed by atoms with Gasteiger partial charge in [0, 0.05) is 63.2 Å². The monoisotopic (exact) mass is 390 g/mol. The number of amides is 1. The summed E-state index contributed by atoms with van der Waals surface area (Å²) in [4.78, 5) is 21.2. The highest BCUT2D eigenvalue weighted by Gasteiger charge is 2.23. The lowest BCUT2D eigenvalue weighted by Gasteiger charge is -2.29. The van der Waals surface area contributed by atoms with Crippen LogP contribution in [-0.4, -0.2) is 50.0 Å². The van der Waals surface area contributed by atoms with Gasteiger partial charge in [0.15, 0.2) is 5.82 Å². The maximum absolute atomic E-state index is 14.9. The molecule has 28 heavy (non-hydrogen) atoms. The molecule has 1 aromatic carbocycles. The predicted molar refractivity (Wildman–Crippen MR) is 107 cm³/mol. The summed E-state index contributed by atoms with van der Waals surface area (Å²) < 4.78 is 29.1. The number of nitrogens with one attached hydrogen (secondary N) is 1. The molecule has 7 nitrogen and oxygen atoms in total. The van der Waals surface area contributed by atoms with Crippen LogP contribution in [0.1, 0.15) is 18.9 Å². The van der Waals surface area contributed by atoms with Crippen LogP contribution >= 0.6 is 0 Å². The zero-order valence-electron chi connectivity index (χ0n) is 16.1. The molecule has 0 aromatic heterocycles. The van der Waals surface area contributed by atoms with Gasteiger partial charge in [-0.25, -0.2) is 13.8 Å². The lowest BCUT2D eigenvalue weighted by atomic mass is 10.0. The first kappa shape index (κ1) is 21.1. The maximum Gasteiger partial charge on any atom is 0.219 e. The van der Waals surface area contributed by atoms with Crippen molar-refractivity contribution in [3.63, 3.8) is 0 Å². The molecule has 1 aliphatic heterocycles. The smallest absolute Gasteiger partial charge is 0.219 e. The van der Waals surface area contributed by atoms with E-state index in [4.69, 9.17) is 11.5 Å². The minimum absolute atomic E-state index is 0.0502. The van der Waals surface area contributed by atoms with Gasteiger partial charge >= 0.3 is 0 Å². The van der Waals surface area contributed by atoms with Crippen molar-refractivity contribution in [2.45, 2.75) is 13.3 Å². The van der Waals surface area contributed by atoms with Gasteiger partial charge in [-0.1, -0.05) is 0 Å². The van der Waals surface area contributed by atoms with E-state index < -0.39 is 11.6 Å². The van der Waals surface area contributed by atoms with Crippen LogP contribution in [0.4, 0.5) is 14.5 Å². The number of carbonyl (C=O) groups excluding carboxylic acids is 1. The fourth-order valence-corrected chi connectivity index (χ4v) is 2.96. The standard InChI is InChI=1S/C19H24F2N6O/c1-11(28)27-7-6-15(25-3)13(10-27)19(23)26-16-5-4-14(20)17(18(16)21)12(8-22)9-24-2/h4-5,8-9,25H,6-7,10,22H2,1-3H3,(H2,23,26)/b12-8+,24-9?. The van der Waals surface area contributed by atoms with Gasteiger partial charge in [-0.3, -0.25) is 9.79 Å². The van der Waals surface area contributed by atoms with E-state index in [9.17, 15) is 13.6 Å². The van der Waals surface area contributed by atoms with Gasteiger partial charge in [0.05, 0.1) is 12.1 Å². The molecule has 0 saturated heterocycles. The summed E-state index contributed by atoms with van der Waals surface area (Å²) in [6, 6.07) is 2.29. The van der Waals surface area contributed by atoms with Crippen molar-refractivity contribution in [1.82, 2.24) is 10.2 Å². The third-order valence-electron chi connectivity index (χ3n) is 4.45. The number of hydrogen-bond donors (Lipinski definition) is 3. The third kappa shape index (κ3) is 4.36. The highest BCUT2D eigenvalue weighted by atomic mass is 19.1. The molecule has 0 aliphatic carbocycles. The highest BCUT2D eigenvalue weighted by molar-refractivity contribution is 6.10. The molecule has 1 heterocycles. The first-order valence-electron chi connectivity index (χ1n) is 8.66. The average Bonchev–Trinajstić information content (AvgIpc) is 2.68. The summed E-state index contributed by atoms with van der Waals surface area (Å²) in [5.74, 6) is -1.73. The van der Waals surface area contributed by atoms with Crippen LogP contribution in [0.2, 0.25) is 0 Å². The Hall–Kier alpha value is -3.23. The first-order valence-corrected chi connectivity index (χ1v) is 8.66. The lowest BCUT2D eigenvalue weighted by molar-refractivity contribution is -0.128. The Balaban J connectivity index is 2.52. The van der Waals surface area contributed by atoms with E-state index in [2.05, 4.69) is 15.3 Å². The summed E-state index contributed by atoms with van der Waals surface area (Å²) in [6.07, 6.45) is 2.90. The molecule has 150 valence electrons. The number of allylic oxidation sites excluding steroid dienone is 1. The molecule has 0 fully saturated rings. The molecular formula is C19H24F2N6O. The number of halogens is 2. The number of hydrogen-bond acceptors (Lipinski definition) is 5. The van der Waals surface area contributed by atoms with Crippen LogP contribution < -0.4 is 16.8 Å². The molecule has 9 heteroatoms. The summed E-state index contributed by atoms with van der Waals surface area (Å²) in [6.45, 7) is 2.28. The topological polar surface area (TPSA) is 109 Å². The molecule has 1 aromatic rings. The SMILES string of the molecule is CN=C/C(=C\N)c1c(F)ccc(N=C(N)C2=C(NC)CCN(C(C)=O)C2)c1F. The second-order valence-corrected chi connectivity index (χ2v) is 6.16. The Bertz CT molecular complexity index is 889. The van der Waals surface area contributed by atoms with Crippen molar-refractivity contribution in [3.8, 4) is 0 Å². The zero-order valence-corrected chi connectivity index (χ0v) is 16.1. The highest BCUT2D eigenvalue weighted by Crippen LogP contribution is 2.29. The normalized spacial score (nSPS) is 16.1. The summed E-state index contributed by atoms with van der Waals surface area (Å²) >= 11 is 0. The van der Waals surface area contributed by atoms with Gasteiger partial charge < -0.3 is 21.7 Å². The molecule has 0 spiro atoms. The van der Waals surface area contributed by atoms with Crippen LogP contribution in [0.5, 0.6) is 0 Å². The quantitative estimate of drug-likeness (QED) is 0.525. The van der Waals surface area contributed by atoms with Crippen molar-refractivity contribution in [3.05, 3.63) is 46.8 Å². The van der Waals surface area contributed by atoms with Gasteiger partial charge in [0.1, 0.15) is 17.3 Å². The summed E-state index contributed by atoms with van der Waals surface area (Å²) in [7, 11) is 3.21. The van der Waals surface area contributed by atoms with Crippen molar-refractivity contribution in [1.29, 1.82) is 0 Å². The van der Waals surface area contributed by atoms with Crippen molar-refractivity contribution in [2.75, 3.05) is 27.2 Å². The van der Waals surface area contributed by atoms with Gasteiger partial charge in [0.2, 0.25) is 5.91 Å². The number of benzene rings is 1. The van der Waals surface area contributed by atoms with E-state index in [-0.39, 0.29) is 35.1 Å². The van der Waals surface area contributed by atoms with Gasteiger partial charge in [-0.15, -0.1) is 0 Å². The van der Waals surface area contributed by atoms with E-state index in [0.717, 1.165) is 18.0 Å². The molecule has 0 bridgehead atoms. The largest absolute Gasteiger partial charge is 0.404 e. The Morgan fingerprint density at radius 3 is 2.64 bits per heavy atom. The maximum atomic E-state index is 14.9. The fraction of sp³-hybridized carbons (Fsp3) is 0.316. The molecule has 0 saturated carbocycles. The van der Waals surface area contributed by atoms with Crippen molar-refractivity contribution < 1.29 is 13.6 Å². The third-order valence-corrected chi connectivity index (χ3v) is 4.45. The number of aliphatic imine (C=N–C) groups is 2. The second kappa shape index (κ2) is 9.12. The minimum atomic E-state index is -0.898. The fourth-order valence-electron chi connectivity index (χ4n) is 2.96. The Kier molecular flexibility index (Phi) is 6.86. The Labute approximate surface area is 162 Å². The number of amidine groups is 1. The van der Waals surface area contributed by atoms with E-state index in [1.165, 1.54) is 26.3 Å². The van der Waals surface area contributed by atoms with Crippen LogP contribution in [0.15, 0.2) is 39.6 Å². The average molecular weight is 390 g/mol. The van der Waals surface area contributed by atoms with E-state index >= 15 is 0 Å². The number of rotatable bonds is 5. The molecule has 1 amide bonds. The van der Waals surface area contributed by atoms with Crippen molar-refractivity contribution in [2.24, 2.45) is 21.5 Å². The van der Waals surface area contributed by atoms with Crippen molar-refractivity contribution >= 4 is 29.2 Å². The zero-order chi connectivity index (χ0) is 20.8. The molecule has 1 aliphatic rings. The van der Waals surface area contributed by atoms with E-state index in [0.29, 0.717) is 18.5 Å². The van der Waals surface area contributed by atoms with Crippen LogP contribution in [0.25, 0.3) is 5.57 Å². The van der Waals surface area contributed by atoms with Gasteiger partial charge in [0.25, 0.3) is 0 Å². The van der Waals surface area contributed by atoms with Crippen LogP contribution in [-0.2, 0) is 4.79 Å². The van der Waals surface area contributed by atoms with Crippen LogP contribution in [0, 0.1) is 11.6 Å². The van der Waals surface area contributed by atoms with Gasteiger partial charge in [-0.05, 0) is 12.1 Å².